The summed E-state index contributed by atoms with van der Waals surface area (Å²) in [5, 5.41) is 2.75. The van der Waals surface area contributed by atoms with E-state index in [-0.39, 0.29) is 11.9 Å². The Bertz CT molecular complexity index is 335. The van der Waals surface area contributed by atoms with Crippen molar-refractivity contribution in [3.8, 4) is 0 Å². The first-order valence-corrected chi connectivity index (χ1v) is 4.88. The van der Waals surface area contributed by atoms with E-state index >= 15 is 0 Å². The van der Waals surface area contributed by atoms with Gasteiger partial charge in [0.2, 0.25) is 5.91 Å². The molecule has 0 heterocycles. The van der Waals surface area contributed by atoms with E-state index in [1.807, 2.05) is 37.3 Å². The van der Waals surface area contributed by atoms with Gasteiger partial charge in [-0.2, -0.15) is 0 Å². The molecule has 0 saturated heterocycles. The number of nitrogens with one attached hydrogen (secondary N) is 1. The number of amides is 1. The standard InChI is InChI=1S/C12H16N2O/c1-3-9(2)14-12(15)11(13)10-7-5-4-6-8-10/h3-9,11H,1,13H2,2H3,(H,14,15)/t9?,11-/m0/s1. The third-order valence-corrected chi connectivity index (χ3v) is 2.16. The van der Waals surface area contributed by atoms with Crippen LogP contribution in [0.1, 0.15) is 18.5 Å². The molecule has 3 nitrogen and oxygen atoms in total. The Morgan fingerprint density at radius 1 is 1.47 bits per heavy atom. The molecule has 0 aliphatic carbocycles. The van der Waals surface area contributed by atoms with Gasteiger partial charge in [-0.05, 0) is 12.5 Å². The van der Waals surface area contributed by atoms with Crippen molar-refractivity contribution in [2.24, 2.45) is 5.73 Å². The Hall–Kier alpha value is -1.61. The predicted octanol–water partition coefficient (Wildman–Crippen LogP) is 1.38. The molecule has 0 aromatic heterocycles. The Morgan fingerprint density at radius 2 is 2.07 bits per heavy atom. The van der Waals surface area contributed by atoms with Gasteiger partial charge in [-0.25, -0.2) is 0 Å². The molecule has 1 amide bonds. The summed E-state index contributed by atoms with van der Waals surface area (Å²) in [4.78, 5) is 11.6. The van der Waals surface area contributed by atoms with Crippen LogP contribution in [0.2, 0.25) is 0 Å². The maximum absolute atomic E-state index is 11.6. The molecule has 2 atom stereocenters. The molecule has 3 N–H and O–H groups in total. The highest BCUT2D eigenvalue weighted by molar-refractivity contribution is 5.83. The minimum Gasteiger partial charge on any atom is -0.349 e. The second kappa shape index (κ2) is 5.32. The van der Waals surface area contributed by atoms with Crippen LogP contribution in [0.25, 0.3) is 0 Å². The molecule has 0 bridgehead atoms. The molecule has 1 aromatic rings. The van der Waals surface area contributed by atoms with Crippen molar-refractivity contribution in [3.05, 3.63) is 48.6 Å². The first-order valence-electron chi connectivity index (χ1n) is 4.88. The van der Waals surface area contributed by atoms with Crippen LogP contribution in [0.5, 0.6) is 0 Å². The molecule has 1 rings (SSSR count). The first-order chi connectivity index (χ1) is 7.15. The fourth-order valence-electron chi connectivity index (χ4n) is 1.18. The van der Waals surface area contributed by atoms with E-state index in [4.69, 9.17) is 5.73 Å². The van der Waals surface area contributed by atoms with E-state index in [1.165, 1.54) is 0 Å². The van der Waals surface area contributed by atoms with Gasteiger partial charge in [0.05, 0.1) is 0 Å². The quantitative estimate of drug-likeness (QED) is 0.728. The number of hydrogen-bond acceptors (Lipinski definition) is 2. The lowest BCUT2D eigenvalue weighted by atomic mass is 10.1. The molecule has 0 aliphatic rings. The lowest BCUT2D eigenvalue weighted by Gasteiger charge is -2.14. The van der Waals surface area contributed by atoms with Crippen molar-refractivity contribution in [3.63, 3.8) is 0 Å². The van der Waals surface area contributed by atoms with Crippen molar-refractivity contribution < 1.29 is 4.79 Å². The maximum Gasteiger partial charge on any atom is 0.241 e. The average molecular weight is 204 g/mol. The highest BCUT2D eigenvalue weighted by atomic mass is 16.2. The van der Waals surface area contributed by atoms with Crippen LogP contribution >= 0.6 is 0 Å². The summed E-state index contributed by atoms with van der Waals surface area (Å²) in [5.41, 5.74) is 6.61. The highest BCUT2D eigenvalue weighted by Crippen LogP contribution is 2.09. The van der Waals surface area contributed by atoms with Crippen LogP contribution in [0.15, 0.2) is 43.0 Å². The van der Waals surface area contributed by atoms with Gasteiger partial charge in [0.1, 0.15) is 6.04 Å². The minimum absolute atomic E-state index is 0.0627. The zero-order chi connectivity index (χ0) is 11.3. The summed E-state index contributed by atoms with van der Waals surface area (Å²) in [5.74, 6) is -0.186. The summed E-state index contributed by atoms with van der Waals surface area (Å²) >= 11 is 0. The Kier molecular flexibility index (Phi) is 4.06. The predicted molar refractivity (Wildman–Crippen MR) is 61.2 cm³/mol. The fraction of sp³-hybridized carbons (Fsp3) is 0.250. The summed E-state index contributed by atoms with van der Waals surface area (Å²) in [6.45, 7) is 5.44. The molecule has 3 heteroatoms. The number of rotatable bonds is 4. The van der Waals surface area contributed by atoms with Gasteiger partial charge in [0.25, 0.3) is 0 Å². The SMILES string of the molecule is C=CC(C)NC(=O)[C@@H](N)c1ccccc1. The minimum atomic E-state index is -0.617. The van der Waals surface area contributed by atoms with Crippen LogP contribution in [-0.2, 0) is 4.79 Å². The number of benzene rings is 1. The molecule has 15 heavy (non-hydrogen) atoms. The van der Waals surface area contributed by atoms with Crippen LogP contribution < -0.4 is 11.1 Å². The molecule has 0 spiro atoms. The number of carbonyl (C=O) groups is 1. The number of nitrogens with two attached hydrogens (primary N) is 1. The van der Waals surface area contributed by atoms with Crippen LogP contribution in [0.3, 0.4) is 0 Å². The van der Waals surface area contributed by atoms with Crippen LogP contribution in [-0.4, -0.2) is 11.9 Å². The zero-order valence-corrected chi connectivity index (χ0v) is 8.81. The lowest BCUT2D eigenvalue weighted by molar-refractivity contribution is -0.122. The average Bonchev–Trinajstić information content (AvgIpc) is 2.29. The van der Waals surface area contributed by atoms with E-state index in [2.05, 4.69) is 11.9 Å². The van der Waals surface area contributed by atoms with Gasteiger partial charge >= 0.3 is 0 Å². The Balaban J connectivity index is 2.65. The van der Waals surface area contributed by atoms with Crippen LogP contribution in [0, 0.1) is 0 Å². The van der Waals surface area contributed by atoms with Gasteiger partial charge in [-0.15, -0.1) is 6.58 Å². The van der Waals surface area contributed by atoms with Crippen molar-refractivity contribution in [1.82, 2.24) is 5.32 Å². The van der Waals surface area contributed by atoms with Crippen molar-refractivity contribution >= 4 is 5.91 Å². The van der Waals surface area contributed by atoms with Crippen molar-refractivity contribution in [2.45, 2.75) is 19.0 Å². The Morgan fingerprint density at radius 3 is 2.60 bits per heavy atom. The molecule has 1 aromatic carbocycles. The molecule has 1 unspecified atom stereocenters. The Labute approximate surface area is 90.0 Å². The molecule has 0 radical (unpaired) electrons. The highest BCUT2D eigenvalue weighted by Gasteiger charge is 2.15. The summed E-state index contributed by atoms with van der Waals surface area (Å²) < 4.78 is 0. The monoisotopic (exact) mass is 204 g/mol. The summed E-state index contributed by atoms with van der Waals surface area (Å²) in [6.07, 6.45) is 1.66. The lowest BCUT2D eigenvalue weighted by Crippen LogP contribution is -2.38. The molecule has 80 valence electrons. The van der Waals surface area contributed by atoms with E-state index in [9.17, 15) is 4.79 Å². The third-order valence-electron chi connectivity index (χ3n) is 2.16. The van der Waals surface area contributed by atoms with Gasteiger partial charge in [0.15, 0.2) is 0 Å². The second-order valence-corrected chi connectivity index (χ2v) is 3.42. The zero-order valence-electron chi connectivity index (χ0n) is 8.81. The number of carbonyl (C=O) groups excluding carboxylic acids is 1. The van der Waals surface area contributed by atoms with Crippen LogP contribution in [0.4, 0.5) is 0 Å². The van der Waals surface area contributed by atoms with E-state index in [1.54, 1.807) is 6.08 Å². The molecule has 0 saturated carbocycles. The molecular weight excluding hydrogens is 188 g/mol. The normalized spacial score (nSPS) is 14.0. The molecule has 0 aliphatic heterocycles. The summed E-state index contributed by atoms with van der Waals surface area (Å²) in [7, 11) is 0. The van der Waals surface area contributed by atoms with E-state index in [0.717, 1.165) is 5.56 Å². The molecular formula is C12H16N2O. The molecule has 0 fully saturated rings. The van der Waals surface area contributed by atoms with Crippen molar-refractivity contribution in [1.29, 1.82) is 0 Å². The smallest absolute Gasteiger partial charge is 0.241 e. The van der Waals surface area contributed by atoms with Gasteiger partial charge in [0, 0.05) is 6.04 Å². The number of hydrogen-bond donors (Lipinski definition) is 2. The third kappa shape index (κ3) is 3.22. The van der Waals surface area contributed by atoms with E-state index in [0.29, 0.717) is 0 Å². The first kappa shape index (κ1) is 11.5. The van der Waals surface area contributed by atoms with Gasteiger partial charge in [-0.1, -0.05) is 36.4 Å². The topological polar surface area (TPSA) is 55.1 Å². The maximum atomic E-state index is 11.6. The van der Waals surface area contributed by atoms with Gasteiger partial charge < -0.3 is 11.1 Å². The van der Waals surface area contributed by atoms with Crippen molar-refractivity contribution in [2.75, 3.05) is 0 Å². The summed E-state index contributed by atoms with van der Waals surface area (Å²) in [6, 6.07) is 8.60. The van der Waals surface area contributed by atoms with Gasteiger partial charge in [-0.3, -0.25) is 4.79 Å². The second-order valence-electron chi connectivity index (χ2n) is 3.42. The fourth-order valence-corrected chi connectivity index (χ4v) is 1.18. The van der Waals surface area contributed by atoms with E-state index < -0.39 is 6.04 Å². The largest absolute Gasteiger partial charge is 0.349 e.